The number of carbonyl (C=O) groups excluding carboxylic acids is 1. The summed E-state index contributed by atoms with van der Waals surface area (Å²) in [7, 11) is 0. The van der Waals surface area contributed by atoms with Crippen molar-refractivity contribution in [2.45, 2.75) is 4.90 Å². The maximum absolute atomic E-state index is 13.9. The predicted octanol–water partition coefficient (Wildman–Crippen LogP) is 4.99. The van der Waals surface area contributed by atoms with Crippen LogP contribution in [0.1, 0.15) is 10.4 Å². The third kappa shape index (κ3) is 2.96. The van der Waals surface area contributed by atoms with Gasteiger partial charge >= 0.3 is 0 Å². The zero-order valence-electron chi connectivity index (χ0n) is 10.8. The summed E-state index contributed by atoms with van der Waals surface area (Å²) in [6, 6.07) is 9.79. The highest BCUT2D eigenvalue weighted by molar-refractivity contribution is 9.10. The van der Waals surface area contributed by atoms with E-state index in [1.54, 1.807) is 34.9 Å². The number of amides is 1. The lowest BCUT2D eigenvalue weighted by atomic mass is 10.1. The minimum absolute atomic E-state index is 0.0576. The van der Waals surface area contributed by atoms with E-state index in [1.807, 2.05) is 6.07 Å². The van der Waals surface area contributed by atoms with E-state index in [0.29, 0.717) is 16.0 Å². The first-order valence-corrected chi connectivity index (χ1v) is 8.41. The van der Waals surface area contributed by atoms with Crippen LogP contribution in [0.5, 0.6) is 0 Å². The molecule has 0 aliphatic carbocycles. The monoisotopic (exact) mass is 385 g/mol. The molecule has 0 aromatic heterocycles. The molecule has 0 atom stereocenters. The lowest BCUT2D eigenvalue weighted by molar-refractivity contribution is 0.0984. The number of nitrogens with zero attached hydrogens (tertiary/aromatic N) is 1. The van der Waals surface area contributed by atoms with Crippen LogP contribution in [0.2, 0.25) is 5.02 Å². The molecule has 0 N–H and O–H groups in total. The highest BCUT2D eigenvalue weighted by Gasteiger charge is 2.26. The first-order valence-electron chi connectivity index (χ1n) is 6.25. The second-order valence-corrected chi connectivity index (χ2v) is 7.03. The Bertz CT molecular complexity index is 725. The predicted molar refractivity (Wildman–Crippen MR) is 88.0 cm³/mol. The van der Waals surface area contributed by atoms with Crippen molar-refractivity contribution in [2.24, 2.45) is 0 Å². The van der Waals surface area contributed by atoms with Gasteiger partial charge in [-0.05, 0) is 36.4 Å². The second-order valence-electron chi connectivity index (χ2n) is 4.54. The molecule has 1 heterocycles. The molecule has 6 heteroatoms. The van der Waals surface area contributed by atoms with E-state index < -0.39 is 5.82 Å². The summed E-state index contributed by atoms with van der Waals surface area (Å²) in [5, 5.41) is 0.559. The average molecular weight is 387 g/mol. The van der Waals surface area contributed by atoms with Crippen molar-refractivity contribution in [2.75, 3.05) is 17.2 Å². The van der Waals surface area contributed by atoms with Crippen LogP contribution in [-0.2, 0) is 0 Å². The summed E-state index contributed by atoms with van der Waals surface area (Å²) >= 11 is 11.0. The molecule has 0 radical (unpaired) electrons. The molecule has 3 rings (SSSR count). The van der Waals surface area contributed by atoms with Crippen LogP contribution < -0.4 is 4.90 Å². The maximum atomic E-state index is 13.9. The van der Waals surface area contributed by atoms with Gasteiger partial charge in [0.25, 0.3) is 5.91 Å². The van der Waals surface area contributed by atoms with Crippen LogP contribution in [0, 0.1) is 5.82 Å². The van der Waals surface area contributed by atoms with Crippen molar-refractivity contribution in [1.82, 2.24) is 0 Å². The Morgan fingerprint density at radius 1 is 1.29 bits per heavy atom. The van der Waals surface area contributed by atoms with E-state index in [4.69, 9.17) is 11.6 Å². The molecule has 2 aromatic carbocycles. The van der Waals surface area contributed by atoms with Crippen LogP contribution >= 0.6 is 39.3 Å². The lowest BCUT2D eigenvalue weighted by Crippen LogP contribution is -2.36. The van der Waals surface area contributed by atoms with E-state index in [9.17, 15) is 9.18 Å². The molecule has 108 valence electrons. The molecule has 0 fully saturated rings. The van der Waals surface area contributed by atoms with Gasteiger partial charge < -0.3 is 4.90 Å². The van der Waals surface area contributed by atoms with Crippen molar-refractivity contribution in [1.29, 1.82) is 0 Å². The van der Waals surface area contributed by atoms with E-state index in [-0.39, 0.29) is 11.5 Å². The number of halogens is 3. The summed E-state index contributed by atoms with van der Waals surface area (Å²) in [4.78, 5) is 15.2. The highest BCUT2D eigenvalue weighted by Crippen LogP contribution is 2.37. The summed E-state index contributed by atoms with van der Waals surface area (Å²) in [6.45, 7) is 0.531. The quantitative estimate of drug-likeness (QED) is 0.688. The van der Waals surface area contributed by atoms with E-state index >= 15 is 0 Å². The van der Waals surface area contributed by atoms with E-state index in [2.05, 4.69) is 15.9 Å². The third-order valence-corrected chi connectivity index (χ3v) is 4.96. The van der Waals surface area contributed by atoms with Gasteiger partial charge in [-0.2, -0.15) is 0 Å². The Balaban J connectivity index is 2.04. The zero-order chi connectivity index (χ0) is 15.0. The number of hydrogen-bond acceptors (Lipinski definition) is 2. The fourth-order valence-corrected chi connectivity index (χ4v) is 3.71. The molecule has 0 saturated heterocycles. The SMILES string of the molecule is O=C(c1cc(Br)ccc1F)N1CCSc2ccc(Cl)cc21. The van der Waals surface area contributed by atoms with Gasteiger partial charge in [0.1, 0.15) is 5.82 Å². The van der Waals surface area contributed by atoms with Crippen molar-refractivity contribution >= 4 is 50.9 Å². The molecule has 21 heavy (non-hydrogen) atoms. The molecule has 1 amide bonds. The molecule has 1 aliphatic rings. The topological polar surface area (TPSA) is 20.3 Å². The molecule has 0 spiro atoms. The van der Waals surface area contributed by atoms with Crippen LogP contribution in [-0.4, -0.2) is 18.2 Å². The number of anilines is 1. The van der Waals surface area contributed by atoms with Gasteiger partial charge in [-0.3, -0.25) is 4.79 Å². The lowest BCUT2D eigenvalue weighted by Gasteiger charge is -2.29. The number of hydrogen-bond donors (Lipinski definition) is 0. The zero-order valence-corrected chi connectivity index (χ0v) is 13.9. The molecular formula is C15H10BrClFNOS. The Hall–Kier alpha value is -1.04. The Morgan fingerprint density at radius 3 is 2.90 bits per heavy atom. The number of thioether (sulfide) groups is 1. The first-order chi connectivity index (χ1) is 10.1. The Morgan fingerprint density at radius 2 is 2.10 bits per heavy atom. The average Bonchev–Trinajstić information content (AvgIpc) is 2.48. The molecule has 0 bridgehead atoms. The standard InChI is InChI=1S/C15H10BrClFNOS/c16-9-1-3-12(18)11(7-9)15(20)19-5-6-21-14-4-2-10(17)8-13(14)19/h1-4,7-8H,5-6H2. The van der Waals surface area contributed by atoms with Crippen molar-refractivity contribution in [3.05, 3.63) is 57.3 Å². The van der Waals surface area contributed by atoms with Gasteiger partial charge in [0.2, 0.25) is 0 Å². The van der Waals surface area contributed by atoms with Gasteiger partial charge in [0.05, 0.1) is 11.3 Å². The molecule has 0 saturated carbocycles. The largest absolute Gasteiger partial charge is 0.306 e. The van der Waals surface area contributed by atoms with Gasteiger partial charge in [0, 0.05) is 26.7 Å². The molecule has 1 aliphatic heterocycles. The Kier molecular flexibility index (Phi) is 4.24. The van der Waals surface area contributed by atoms with E-state index in [0.717, 1.165) is 16.3 Å². The number of rotatable bonds is 1. The third-order valence-electron chi connectivity index (χ3n) is 3.19. The van der Waals surface area contributed by atoms with Crippen LogP contribution in [0.25, 0.3) is 0 Å². The van der Waals surface area contributed by atoms with Gasteiger partial charge in [-0.1, -0.05) is 27.5 Å². The summed E-state index contributed by atoms with van der Waals surface area (Å²) < 4.78 is 14.6. The molecule has 0 unspecified atom stereocenters. The summed E-state index contributed by atoms with van der Waals surface area (Å²) in [5.41, 5.74) is 0.797. The minimum Gasteiger partial charge on any atom is -0.306 e. The second kappa shape index (κ2) is 5.99. The van der Waals surface area contributed by atoms with E-state index in [1.165, 1.54) is 12.1 Å². The normalized spacial score (nSPS) is 14.0. The van der Waals surface area contributed by atoms with Gasteiger partial charge in [0.15, 0.2) is 0 Å². The number of benzene rings is 2. The fraction of sp³-hybridized carbons (Fsp3) is 0.133. The van der Waals surface area contributed by atoms with Crippen LogP contribution in [0.3, 0.4) is 0 Å². The first kappa shape index (κ1) is 14.9. The minimum atomic E-state index is -0.523. The van der Waals surface area contributed by atoms with Crippen molar-refractivity contribution < 1.29 is 9.18 Å². The van der Waals surface area contributed by atoms with Crippen molar-refractivity contribution in [3.63, 3.8) is 0 Å². The van der Waals surface area contributed by atoms with Crippen molar-refractivity contribution in [3.8, 4) is 0 Å². The van der Waals surface area contributed by atoms with Gasteiger partial charge in [-0.25, -0.2) is 4.39 Å². The summed E-state index contributed by atoms with van der Waals surface area (Å²) in [5.74, 6) is -0.0988. The number of fused-ring (bicyclic) bond motifs is 1. The highest BCUT2D eigenvalue weighted by atomic mass is 79.9. The molecule has 2 aromatic rings. The fourth-order valence-electron chi connectivity index (χ4n) is 2.21. The smallest absolute Gasteiger partial charge is 0.261 e. The van der Waals surface area contributed by atoms with Crippen LogP contribution in [0.15, 0.2) is 45.8 Å². The Labute approximate surface area is 139 Å². The molecule has 2 nitrogen and oxygen atoms in total. The molecular weight excluding hydrogens is 377 g/mol. The maximum Gasteiger partial charge on any atom is 0.261 e. The van der Waals surface area contributed by atoms with Crippen LogP contribution in [0.4, 0.5) is 10.1 Å². The van der Waals surface area contributed by atoms with Gasteiger partial charge in [-0.15, -0.1) is 11.8 Å². The summed E-state index contributed by atoms with van der Waals surface area (Å²) in [6.07, 6.45) is 0. The number of carbonyl (C=O) groups is 1.